The number of sulfonamides is 1. The third-order valence-electron chi connectivity index (χ3n) is 5.06. The summed E-state index contributed by atoms with van der Waals surface area (Å²) in [4.78, 5) is 14.3. The third-order valence-corrected chi connectivity index (χ3v) is 7.05. The van der Waals surface area contributed by atoms with Crippen molar-refractivity contribution in [2.45, 2.75) is 38.1 Å². The summed E-state index contributed by atoms with van der Waals surface area (Å²) in [6, 6.07) is 1.99. The number of hydrogen-bond donors (Lipinski definition) is 0. The summed E-state index contributed by atoms with van der Waals surface area (Å²) in [6.45, 7) is 2.11. The van der Waals surface area contributed by atoms with E-state index in [2.05, 4.69) is 0 Å². The smallest absolute Gasteiger partial charge is 0.254 e. The average Bonchev–Trinajstić information content (AvgIpc) is 3.08. The zero-order chi connectivity index (χ0) is 16.4. The summed E-state index contributed by atoms with van der Waals surface area (Å²) in [6.07, 6.45) is 6.12. The number of hydrogen-bond acceptors (Lipinski definition) is 4. The second-order valence-corrected chi connectivity index (χ2v) is 9.29. The topological polar surface area (TPSA) is 57.7 Å². The van der Waals surface area contributed by atoms with E-state index in [1.54, 1.807) is 4.31 Å². The Morgan fingerprint density at radius 3 is 2.52 bits per heavy atom. The maximum absolute atomic E-state index is 12.4. The molecule has 0 radical (unpaired) electrons. The van der Waals surface area contributed by atoms with Gasteiger partial charge in [0.1, 0.15) is 0 Å². The first-order chi connectivity index (χ1) is 11.0. The fourth-order valence-corrected chi connectivity index (χ4v) is 5.73. The Bertz CT molecular complexity index is 634. The molecule has 3 rings (SSSR count). The molecule has 7 heteroatoms. The molecule has 2 saturated heterocycles. The van der Waals surface area contributed by atoms with Crippen LogP contribution >= 0.6 is 11.3 Å². The molecule has 128 valence electrons. The number of amides is 1. The highest BCUT2D eigenvalue weighted by Gasteiger charge is 2.37. The Morgan fingerprint density at radius 2 is 1.91 bits per heavy atom. The lowest BCUT2D eigenvalue weighted by atomic mass is 9.85. The van der Waals surface area contributed by atoms with Gasteiger partial charge >= 0.3 is 0 Å². The molecular weight excluding hydrogens is 332 g/mol. The molecule has 0 aliphatic carbocycles. The van der Waals surface area contributed by atoms with Gasteiger partial charge in [-0.25, -0.2) is 8.42 Å². The van der Waals surface area contributed by atoms with Crippen molar-refractivity contribution in [3.8, 4) is 0 Å². The zero-order valence-corrected chi connectivity index (χ0v) is 15.1. The zero-order valence-electron chi connectivity index (χ0n) is 13.5. The molecule has 23 heavy (non-hydrogen) atoms. The minimum Gasteiger partial charge on any atom is -0.339 e. The second kappa shape index (κ2) is 6.91. The van der Waals surface area contributed by atoms with Gasteiger partial charge in [0, 0.05) is 31.1 Å². The number of carbonyl (C=O) groups excluding carboxylic acids is 1. The summed E-state index contributed by atoms with van der Waals surface area (Å²) in [5.74, 6) is 0.477. The molecule has 0 N–H and O–H groups in total. The van der Waals surface area contributed by atoms with Crippen molar-refractivity contribution >= 4 is 27.3 Å². The Labute approximate surface area is 142 Å². The lowest BCUT2D eigenvalue weighted by Gasteiger charge is -2.42. The van der Waals surface area contributed by atoms with Crippen LogP contribution in [0.15, 0.2) is 16.8 Å². The number of piperidine rings is 2. The molecule has 1 amide bonds. The molecule has 1 aromatic heterocycles. The molecule has 2 fully saturated rings. The summed E-state index contributed by atoms with van der Waals surface area (Å²) >= 11 is 1.54. The molecule has 1 atom stereocenters. The Balaban J connectivity index is 1.63. The number of likely N-dealkylation sites (tertiary alicyclic amines) is 1. The molecule has 0 aromatic carbocycles. The molecule has 1 unspecified atom stereocenters. The first-order valence-corrected chi connectivity index (χ1v) is 11.0. The van der Waals surface area contributed by atoms with E-state index in [1.807, 2.05) is 21.7 Å². The molecule has 0 saturated carbocycles. The second-order valence-electron chi connectivity index (χ2n) is 6.58. The highest BCUT2D eigenvalue weighted by molar-refractivity contribution is 7.88. The lowest BCUT2D eigenvalue weighted by Crippen LogP contribution is -2.50. The molecule has 5 nitrogen and oxygen atoms in total. The van der Waals surface area contributed by atoms with Gasteiger partial charge in [0.2, 0.25) is 10.0 Å². The van der Waals surface area contributed by atoms with Crippen LogP contribution in [0.25, 0.3) is 0 Å². The van der Waals surface area contributed by atoms with Gasteiger partial charge in [-0.15, -0.1) is 0 Å². The Morgan fingerprint density at radius 1 is 1.17 bits per heavy atom. The minimum absolute atomic E-state index is 0.105. The van der Waals surface area contributed by atoms with Crippen LogP contribution in [0.1, 0.15) is 42.5 Å². The third kappa shape index (κ3) is 3.78. The van der Waals surface area contributed by atoms with Crippen molar-refractivity contribution in [3.63, 3.8) is 0 Å². The molecule has 2 aliphatic heterocycles. The molecule has 0 bridgehead atoms. The van der Waals surface area contributed by atoms with Crippen molar-refractivity contribution in [3.05, 3.63) is 22.4 Å². The van der Waals surface area contributed by atoms with Gasteiger partial charge in [-0.2, -0.15) is 15.6 Å². The van der Waals surface area contributed by atoms with Crippen molar-refractivity contribution in [2.75, 3.05) is 25.9 Å². The van der Waals surface area contributed by atoms with E-state index in [0.29, 0.717) is 12.5 Å². The summed E-state index contributed by atoms with van der Waals surface area (Å²) in [5, 5.41) is 3.81. The first kappa shape index (κ1) is 16.9. The predicted molar refractivity (Wildman–Crippen MR) is 92.1 cm³/mol. The van der Waals surface area contributed by atoms with Gasteiger partial charge < -0.3 is 4.90 Å². The SMILES string of the molecule is CS(=O)(=O)N1CCCCC1C1CCN(C(=O)c2ccsc2)CC1. The maximum atomic E-state index is 12.4. The molecule has 3 heterocycles. The summed E-state index contributed by atoms with van der Waals surface area (Å²) < 4.78 is 25.8. The predicted octanol–water partition coefficient (Wildman–Crippen LogP) is 2.41. The van der Waals surface area contributed by atoms with Gasteiger partial charge in [-0.1, -0.05) is 6.42 Å². The van der Waals surface area contributed by atoms with Crippen LogP contribution in [0, 0.1) is 5.92 Å². The summed E-state index contributed by atoms with van der Waals surface area (Å²) in [7, 11) is -3.14. The van der Waals surface area contributed by atoms with Crippen LogP contribution in [0.3, 0.4) is 0 Å². The van der Waals surface area contributed by atoms with Gasteiger partial charge in [0.15, 0.2) is 0 Å². The number of rotatable bonds is 3. The van der Waals surface area contributed by atoms with Crippen molar-refractivity contribution in [1.29, 1.82) is 0 Å². The van der Waals surface area contributed by atoms with Crippen molar-refractivity contribution in [1.82, 2.24) is 9.21 Å². The van der Waals surface area contributed by atoms with Gasteiger partial charge in [-0.05, 0) is 43.0 Å². The van der Waals surface area contributed by atoms with E-state index in [-0.39, 0.29) is 11.9 Å². The van der Waals surface area contributed by atoms with E-state index >= 15 is 0 Å². The van der Waals surface area contributed by atoms with Crippen LogP contribution in [0.4, 0.5) is 0 Å². The van der Waals surface area contributed by atoms with Gasteiger partial charge in [-0.3, -0.25) is 4.79 Å². The van der Waals surface area contributed by atoms with Crippen LogP contribution in [-0.2, 0) is 10.0 Å². The molecule has 0 spiro atoms. The fraction of sp³-hybridized carbons (Fsp3) is 0.688. The number of carbonyl (C=O) groups is 1. The summed E-state index contributed by atoms with van der Waals surface area (Å²) in [5.41, 5.74) is 0.767. The quantitative estimate of drug-likeness (QED) is 0.836. The fourth-order valence-electron chi connectivity index (χ4n) is 3.87. The van der Waals surface area contributed by atoms with E-state index in [9.17, 15) is 13.2 Å². The van der Waals surface area contributed by atoms with Gasteiger partial charge in [0.05, 0.1) is 11.8 Å². The molecular formula is C16H24N2O3S2. The minimum atomic E-state index is -3.14. The van der Waals surface area contributed by atoms with E-state index < -0.39 is 10.0 Å². The van der Waals surface area contributed by atoms with Crippen molar-refractivity contribution in [2.24, 2.45) is 5.92 Å². The van der Waals surface area contributed by atoms with Crippen LogP contribution in [0.2, 0.25) is 0 Å². The lowest BCUT2D eigenvalue weighted by molar-refractivity contribution is 0.0621. The normalized spacial score (nSPS) is 24.7. The van der Waals surface area contributed by atoms with E-state index in [4.69, 9.17) is 0 Å². The van der Waals surface area contributed by atoms with Crippen molar-refractivity contribution < 1.29 is 13.2 Å². The molecule has 2 aliphatic rings. The average molecular weight is 357 g/mol. The van der Waals surface area contributed by atoms with E-state index in [0.717, 1.165) is 50.8 Å². The standard InChI is InChI=1S/C16H24N2O3S2/c1-23(20,21)18-8-3-2-4-15(18)13-5-9-17(10-6-13)16(19)14-7-11-22-12-14/h7,11-13,15H,2-6,8-10H2,1H3. The monoisotopic (exact) mass is 356 g/mol. The molecule has 1 aromatic rings. The highest BCUT2D eigenvalue weighted by atomic mass is 32.2. The van der Waals surface area contributed by atoms with E-state index in [1.165, 1.54) is 17.6 Å². The number of thiophene rings is 1. The Kier molecular flexibility index (Phi) is 5.08. The first-order valence-electron chi connectivity index (χ1n) is 8.25. The maximum Gasteiger partial charge on any atom is 0.254 e. The highest BCUT2D eigenvalue weighted by Crippen LogP contribution is 2.32. The van der Waals surface area contributed by atoms with Crippen LogP contribution in [0.5, 0.6) is 0 Å². The van der Waals surface area contributed by atoms with Crippen LogP contribution in [-0.4, -0.2) is 55.5 Å². The Hall–Kier alpha value is -0.920. The number of nitrogens with zero attached hydrogens (tertiary/aromatic N) is 2. The van der Waals surface area contributed by atoms with Crippen LogP contribution < -0.4 is 0 Å². The largest absolute Gasteiger partial charge is 0.339 e. The van der Waals surface area contributed by atoms with Gasteiger partial charge in [0.25, 0.3) is 5.91 Å².